The predicted octanol–water partition coefficient (Wildman–Crippen LogP) is -2.57. The van der Waals surface area contributed by atoms with Crippen LogP contribution in [0.2, 0.25) is 0 Å². The average molecular weight is 766 g/mol. The van der Waals surface area contributed by atoms with E-state index in [1.807, 2.05) is 0 Å². The first kappa shape index (κ1) is 45.6. The number of rotatable bonds is 7. The summed E-state index contributed by atoms with van der Waals surface area (Å²) in [6.45, 7) is 13.8. The van der Waals surface area contributed by atoms with E-state index in [-0.39, 0.29) is 150 Å². The Morgan fingerprint density at radius 3 is 1.98 bits per heavy atom. The van der Waals surface area contributed by atoms with Crippen LogP contribution in [-0.2, 0) is 19.3 Å². The standard InChI is InChI=1S/C11H13N3OS.C10H9N3O3S.C2H3BrO2.CH2O3.2K.H/c1-12-9-8(7-5-3-2-4-6-7)13-11(16)14-10(9)15;1-11-8-7(5-2-3-5)12-10(13-9(8)16)17-4-6(14)15;3-1-2(4)5;2-1-4-3;;;/h7H,2-6H2,(H2,13,14,15,16);5H,2-4H2,(H,14,15)(H,12,13,16);1H2,(H,4,5);1,3H;;;/q;;;;2*+1;-1/p-1. The summed E-state index contributed by atoms with van der Waals surface area (Å²) in [6, 6.07) is 0. The third kappa shape index (κ3) is 17.4. The molecule has 228 valence electrons. The first-order valence-corrected chi connectivity index (χ1v) is 14.6. The van der Waals surface area contributed by atoms with Gasteiger partial charge in [0.2, 0.25) is 0 Å². The van der Waals surface area contributed by atoms with Gasteiger partial charge in [-0.25, -0.2) is 14.7 Å². The Morgan fingerprint density at radius 1 is 1.02 bits per heavy atom. The minimum Gasteiger partial charge on any atom is -1.00 e. The number of aromatic amines is 3. The van der Waals surface area contributed by atoms with E-state index in [2.05, 4.69) is 50.4 Å². The van der Waals surface area contributed by atoms with Gasteiger partial charge in [-0.3, -0.25) is 24.0 Å². The summed E-state index contributed by atoms with van der Waals surface area (Å²) in [5.41, 5.74) is 0.622. The van der Waals surface area contributed by atoms with Crippen molar-refractivity contribution in [3.63, 3.8) is 0 Å². The molecule has 2 heterocycles. The Kier molecular flexibility index (Phi) is 26.4. The van der Waals surface area contributed by atoms with Crippen LogP contribution in [0, 0.1) is 17.9 Å². The van der Waals surface area contributed by atoms with Gasteiger partial charge in [0.1, 0.15) is 5.33 Å². The van der Waals surface area contributed by atoms with Gasteiger partial charge in [-0.05, 0) is 49.7 Å². The zero-order valence-corrected chi connectivity index (χ0v) is 33.3. The Bertz CT molecular complexity index is 1500. The maximum absolute atomic E-state index is 11.6. The van der Waals surface area contributed by atoms with Crippen molar-refractivity contribution in [3.05, 3.63) is 59.7 Å². The summed E-state index contributed by atoms with van der Waals surface area (Å²) in [5, 5.41) is 25.0. The minimum atomic E-state index is -0.972. The van der Waals surface area contributed by atoms with Gasteiger partial charge in [0.05, 0.1) is 24.6 Å². The maximum atomic E-state index is 11.6. The molecule has 4 rings (SSSR count). The zero-order chi connectivity index (χ0) is 31.7. The number of H-pyrrole nitrogens is 3. The molecule has 0 bridgehead atoms. The molecule has 2 aromatic rings. The van der Waals surface area contributed by atoms with Crippen molar-refractivity contribution in [2.75, 3.05) is 11.1 Å². The summed E-state index contributed by atoms with van der Waals surface area (Å²) < 4.78 is 0.318. The van der Waals surface area contributed by atoms with Crippen LogP contribution in [-0.4, -0.2) is 59.6 Å². The molecule has 0 amide bonds. The van der Waals surface area contributed by atoms with Crippen LogP contribution in [0.4, 0.5) is 11.4 Å². The monoisotopic (exact) mass is 764 g/mol. The third-order valence-corrected chi connectivity index (χ3v) is 7.07. The van der Waals surface area contributed by atoms with Gasteiger partial charge in [-0.15, -0.1) is 0 Å². The van der Waals surface area contributed by atoms with Crippen molar-refractivity contribution in [3.8, 4) is 0 Å². The van der Waals surface area contributed by atoms with E-state index in [0.29, 0.717) is 16.4 Å². The van der Waals surface area contributed by atoms with Crippen molar-refractivity contribution in [1.82, 2.24) is 19.9 Å². The topological polar surface area (TPSA) is 227 Å². The fraction of sp³-hybridized carbons (Fsp3) is 0.458. The SMILES string of the molecule is O=C(O)CBr.O=CO[O-].[C-]#[N+]c1c(C2CC2)nc(SCC(=O)O)[nH]c1=O.[C-]#[N+]c1c(C2CCCCC2)[nH]c(=S)[nH]c1=O.[H-].[K+].[K+]. The molecular formula is C24H27BrK2N6O9S2. The van der Waals surface area contributed by atoms with Gasteiger partial charge in [-0.1, -0.05) is 47.0 Å². The van der Waals surface area contributed by atoms with Gasteiger partial charge in [0.25, 0.3) is 29.0 Å². The van der Waals surface area contributed by atoms with Gasteiger partial charge in [0.15, 0.2) is 9.93 Å². The van der Waals surface area contributed by atoms with Crippen molar-refractivity contribution in [2.45, 2.75) is 61.9 Å². The van der Waals surface area contributed by atoms with E-state index >= 15 is 0 Å². The number of hydrogen-bond acceptors (Lipinski definition) is 10. The van der Waals surface area contributed by atoms with Gasteiger partial charge >= 0.3 is 115 Å². The number of aromatic nitrogens is 4. The smallest absolute Gasteiger partial charge is 1.00 e. The van der Waals surface area contributed by atoms with Crippen LogP contribution < -0.4 is 119 Å². The second-order valence-electron chi connectivity index (χ2n) is 8.51. The normalized spacial score (nSPS) is 13.0. The third-order valence-electron chi connectivity index (χ3n) is 5.53. The first-order chi connectivity index (χ1) is 20.0. The molecule has 0 radical (unpaired) electrons. The Balaban J connectivity index is -0.000000589. The fourth-order valence-electron chi connectivity index (χ4n) is 3.71. The molecule has 0 atom stereocenters. The number of halogens is 1. The molecular weight excluding hydrogens is 739 g/mol. The van der Waals surface area contributed by atoms with Crippen molar-refractivity contribution in [2.24, 2.45) is 0 Å². The van der Waals surface area contributed by atoms with E-state index in [1.54, 1.807) is 0 Å². The summed E-state index contributed by atoms with van der Waals surface area (Å²) >= 11 is 8.62. The van der Waals surface area contributed by atoms with E-state index in [1.165, 1.54) is 6.42 Å². The summed E-state index contributed by atoms with van der Waals surface area (Å²) in [5.74, 6) is -1.48. The quantitative estimate of drug-likeness (QED) is 0.0226. The van der Waals surface area contributed by atoms with E-state index < -0.39 is 17.5 Å². The van der Waals surface area contributed by atoms with Crippen LogP contribution in [0.15, 0.2) is 14.7 Å². The molecule has 2 aliphatic carbocycles. The summed E-state index contributed by atoms with van der Waals surface area (Å²) in [7, 11) is 0. The van der Waals surface area contributed by atoms with Crippen molar-refractivity contribution >= 4 is 69.7 Å². The molecule has 2 saturated carbocycles. The molecule has 0 aliphatic heterocycles. The van der Waals surface area contributed by atoms with E-state index in [0.717, 1.165) is 56.0 Å². The number of nitrogens with one attached hydrogen (secondary N) is 3. The first-order valence-electron chi connectivity index (χ1n) is 12.1. The maximum Gasteiger partial charge on any atom is 1.00 e. The Morgan fingerprint density at radius 2 is 1.55 bits per heavy atom. The Hall–Kier alpha value is -0.567. The van der Waals surface area contributed by atoms with E-state index in [9.17, 15) is 19.2 Å². The summed E-state index contributed by atoms with van der Waals surface area (Å²) in [4.78, 5) is 72.7. The Labute approximate surface area is 355 Å². The predicted molar refractivity (Wildman–Crippen MR) is 155 cm³/mol. The summed E-state index contributed by atoms with van der Waals surface area (Å²) in [6.07, 6.45) is 7.51. The van der Waals surface area contributed by atoms with Crippen LogP contribution in [0.5, 0.6) is 0 Å². The van der Waals surface area contributed by atoms with Crippen LogP contribution in [0.3, 0.4) is 0 Å². The molecule has 2 aromatic heterocycles. The van der Waals surface area contributed by atoms with E-state index in [4.69, 9.17) is 45.6 Å². The number of carboxylic acids is 2. The van der Waals surface area contributed by atoms with Gasteiger partial charge < -0.3 is 36.7 Å². The zero-order valence-electron chi connectivity index (χ0n) is 24.9. The number of carbonyl (C=O) groups excluding carboxylic acids is 1. The number of carboxylic acid groups (broad SMARTS) is 2. The van der Waals surface area contributed by atoms with Gasteiger partial charge in [-0.2, -0.15) is 0 Å². The van der Waals surface area contributed by atoms with Crippen LogP contribution in [0.25, 0.3) is 9.69 Å². The molecule has 5 N–H and O–H groups in total. The van der Waals surface area contributed by atoms with Crippen LogP contribution in [0.1, 0.15) is 69.6 Å². The number of nitrogens with zero attached hydrogens (tertiary/aromatic N) is 3. The van der Waals surface area contributed by atoms with Crippen molar-refractivity contribution < 1.29 is 139 Å². The number of carbonyl (C=O) groups is 3. The molecule has 44 heavy (non-hydrogen) atoms. The number of aliphatic carboxylic acids is 2. The van der Waals surface area contributed by atoms with Crippen molar-refractivity contribution in [1.29, 1.82) is 0 Å². The van der Waals surface area contributed by atoms with Crippen LogP contribution >= 0.6 is 39.9 Å². The second-order valence-corrected chi connectivity index (χ2v) is 10.4. The molecule has 20 heteroatoms. The number of thioether (sulfide) groups is 1. The number of hydrogen-bond donors (Lipinski definition) is 5. The molecule has 2 aliphatic rings. The molecule has 2 fully saturated rings. The molecule has 0 spiro atoms. The number of alkyl halides is 1. The largest absolute Gasteiger partial charge is 1.00 e. The molecule has 0 saturated heterocycles. The molecule has 15 nitrogen and oxygen atoms in total. The second kappa shape index (κ2) is 25.5. The fourth-order valence-corrected chi connectivity index (χ4v) is 4.50. The molecule has 0 aromatic carbocycles. The minimum absolute atomic E-state index is 0. The van der Waals surface area contributed by atoms with Gasteiger partial charge in [0, 0.05) is 5.69 Å². The molecule has 0 unspecified atom stereocenters. The average Bonchev–Trinajstić information content (AvgIpc) is 3.82.